The lowest BCUT2D eigenvalue weighted by Crippen LogP contribution is -2.38. The summed E-state index contributed by atoms with van der Waals surface area (Å²) in [6.07, 6.45) is 1.68. The second-order valence-electron chi connectivity index (χ2n) is 6.36. The third-order valence-electron chi connectivity index (χ3n) is 4.86. The van der Waals surface area contributed by atoms with Crippen LogP contribution in [-0.2, 0) is 10.2 Å². The molecule has 24 heavy (non-hydrogen) atoms. The molecule has 0 aromatic heterocycles. The van der Waals surface area contributed by atoms with Crippen LogP contribution in [0.1, 0.15) is 29.3 Å². The molecule has 2 aliphatic rings. The van der Waals surface area contributed by atoms with Gasteiger partial charge < -0.3 is 4.90 Å². The number of thioether (sulfide) groups is 1. The van der Waals surface area contributed by atoms with E-state index < -0.39 is 5.41 Å². The highest BCUT2D eigenvalue weighted by Crippen LogP contribution is 2.52. The van der Waals surface area contributed by atoms with E-state index in [-0.39, 0.29) is 17.1 Å². The van der Waals surface area contributed by atoms with Crippen LogP contribution in [0, 0.1) is 5.82 Å². The Morgan fingerprint density at radius 3 is 2.42 bits per heavy atom. The van der Waals surface area contributed by atoms with Crippen LogP contribution in [0.4, 0.5) is 4.39 Å². The van der Waals surface area contributed by atoms with Crippen molar-refractivity contribution >= 4 is 29.3 Å². The fourth-order valence-corrected chi connectivity index (χ4v) is 4.76. The summed E-state index contributed by atoms with van der Waals surface area (Å²) < 4.78 is 13.2. The van der Waals surface area contributed by atoms with E-state index in [9.17, 15) is 9.18 Å². The summed E-state index contributed by atoms with van der Waals surface area (Å²) in [5.41, 5.74) is 1.58. The third kappa shape index (κ3) is 2.72. The molecular weight excluding hydrogens is 345 g/mol. The lowest BCUT2D eigenvalue weighted by Gasteiger charge is -2.29. The van der Waals surface area contributed by atoms with Crippen LogP contribution in [0.25, 0.3) is 0 Å². The number of carbonyl (C=O) groups is 1. The average Bonchev–Trinajstić information content (AvgIpc) is 3.26. The fourth-order valence-electron chi connectivity index (χ4n) is 3.38. The number of hydrogen-bond donors (Lipinski definition) is 0. The summed E-state index contributed by atoms with van der Waals surface area (Å²) in [5, 5.41) is 0.734. The van der Waals surface area contributed by atoms with E-state index in [0.717, 1.165) is 36.3 Å². The second kappa shape index (κ2) is 6.08. The van der Waals surface area contributed by atoms with Gasteiger partial charge in [-0.1, -0.05) is 35.9 Å². The molecule has 2 fully saturated rings. The van der Waals surface area contributed by atoms with Crippen molar-refractivity contribution < 1.29 is 9.18 Å². The molecular formula is C19H17ClFNOS. The zero-order valence-electron chi connectivity index (χ0n) is 13.0. The van der Waals surface area contributed by atoms with E-state index in [1.165, 1.54) is 12.1 Å². The van der Waals surface area contributed by atoms with E-state index >= 15 is 0 Å². The van der Waals surface area contributed by atoms with Gasteiger partial charge in [0.25, 0.3) is 0 Å². The molecule has 1 saturated carbocycles. The summed E-state index contributed by atoms with van der Waals surface area (Å²) in [6, 6.07) is 14.1. The minimum Gasteiger partial charge on any atom is -0.325 e. The summed E-state index contributed by atoms with van der Waals surface area (Å²) >= 11 is 7.76. The molecule has 0 radical (unpaired) electrons. The zero-order chi connectivity index (χ0) is 16.7. The molecule has 1 amide bonds. The number of carbonyl (C=O) groups excluding carboxylic acids is 1. The number of amides is 1. The first-order chi connectivity index (χ1) is 11.6. The van der Waals surface area contributed by atoms with Gasteiger partial charge in [0.05, 0.1) is 5.41 Å². The number of hydrogen-bond acceptors (Lipinski definition) is 2. The highest BCUT2D eigenvalue weighted by Gasteiger charge is 2.54. The Bertz CT molecular complexity index is 758. The first-order valence-corrected chi connectivity index (χ1v) is 9.47. The lowest BCUT2D eigenvalue weighted by molar-refractivity contribution is -0.134. The molecule has 4 rings (SSSR count). The van der Waals surface area contributed by atoms with E-state index in [1.807, 2.05) is 29.2 Å². The molecule has 5 heteroatoms. The molecule has 0 N–H and O–H groups in total. The Balaban J connectivity index is 1.61. The normalized spacial score (nSPS) is 21.8. The van der Waals surface area contributed by atoms with Crippen LogP contribution in [0.15, 0.2) is 48.5 Å². The molecule has 1 heterocycles. The van der Waals surface area contributed by atoms with E-state index in [0.29, 0.717) is 5.02 Å². The van der Waals surface area contributed by atoms with E-state index in [2.05, 4.69) is 0 Å². The molecule has 0 spiro atoms. The topological polar surface area (TPSA) is 20.3 Å². The van der Waals surface area contributed by atoms with Gasteiger partial charge in [-0.15, -0.1) is 11.8 Å². The van der Waals surface area contributed by atoms with Gasteiger partial charge in [0, 0.05) is 17.3 Å². The number of halogens is 2. The van der Waals surface area contributed by atoms with Crippen LogP contribution < -0.4 is 0 Å². The minimum atomic E-state index is -0.455. The van der Waals surface area contributed by atoms with E-state index in [1.54, 1.807) is 23.9 Å². The predicted octanol–water partition coefficient (Wildman–Crippen LogP) is 4.78. The predicted molar refractivity (Wildman–Crippen MR) is 95.7 cm³/mol. The van der Waals surface area contributed by atoms with Gasteiger partial charge in [-0.25, -0.2) is 4.39 Å². The van der Waals surface area contributed by atoms with Gasteiger partial charge in [-0.05, 0) is 48.2 Å². The average molecular weight is 362 g/mol. The second-order valence-corrected chi connectivity index (χ2v) is 7.99. The third-order valence-corrected chi connectivity index (χ3v) is 6.38. The largest absolute Gasteiger partial charge is 0.325 e. The van der Waals surface area contributed by atoms with Gasteiger partial charge in [-0.2, -0.15) is 0 Å². The van der Waals surface area contributed by atoms with Crippen molar-refractivity contribution in [1.82, 2.24) is 4.90 Å². The Hall–Kier alpha value is -1.52. The van der Waals surface area contributed by atoms with Crippen molar-refractivity contribution in [2.45, 2.75) is 23.6 Å². The van der Waals surface area contributed by atoms with Gasteiger partial charge in [0.1, 0.15) is 11.2 Å². The van der Waals surface area contributed by atoms with Crippen molar-refractivity contribution in [2.24, 2.45) is 0 Å². The highest BCUT2D eigenvalue weighted by molar-refractivity contribution is 7.99. The standard InChI is InChI=1S/C19H17ClFNOS/c20-15-5-1-13(2-6-15)17-22(11-12-24-17)18(23)19(9-10-19)14-3-7-16(21)8-4-14/h1-8,17H,9-12H2. The molecule has 0 bridgehead atoms. The molecule has 1 atom stereocenters. The van der Waals surface area contributed by atoms with Crippen LogP contribution in [0.2, 0.25) is 5.02 Å². The molecule has 2 aromatic carbocycles. The Morgan fingerprint density at radius 1 is 1.12 bits per heavy atom. The van der Waals surface area contributed by atoms with Gasteiger partial charge in [-0.3, -0.25) is 4.79 Å². The molecule has 1 unspecified atom stereocenters. The summed E-state index contributed by atoms with van der Waals surface area (Å²) in [5.74, 6) is 0.829. The minimum absolute atomic E-state index is 0.0349. The first-order valence-electron chi connectivity index (χ1n) is 8.04. The van der Waals surface area contributed by atoms with Crippen LogP contribution >= 0.6 is 23.4 Å². The summed E-state index contributed by atoms with van der Waals surface area (Å²) in [4.78, 5) is 15.2. The molecule has 1 aliphatic heterocycles. The molecule has 2 nitrogen and oxygen atoms in total. The molecule has 2 aromatic rings. The van der Waals surface area contributed by atoms with Crippen molar-refractivity contribution in [2.75, 3.05) is 12.3 Å². The Morgan fingerprint density at radius 2 is 1.79 bits per heavy atom. The van der Waals surface area contributed by atoms with Gasteiger partial charge >= 0.3 is 0 Å². The summed E-state index contributed by atoms with van der Waals surface area (Å²) in [7, 11) is 0. The van der Waals surface area contributed by atoms with Gasteiger partial charge in [0.2, 0.25) is 5.91 Å². The fraction of sp³-hybridized carbons (Fsp3) is 0.316. The number of benzene rings is 2. The summed E-state index contributed by atoms with van der Waals surface area (Å²) in [6.45, 7) is 0.750. The van der Waals surface area contributed by atoms with Crippen LogP contribution in [0.3, 0.4) is 0 Å². The Kier molecular flexibility index (Phi) is 4.05. The molecule has 1 saturated heterocycles. The maximum atomic E-state index is 13.3. The number of nitrogens with zero attached hydrogens (tertiary/aromatic N) is 1. The van der Waals surface area contributed by atoms with Crippen molar-refractivity contribution in [1.29, 1.82) is 0 Å². The van der Waals surface area contributed by atoms with Crippen molar-refractivity contribution in [3.05, 3.63) is 70.5 Å². The van der Waals surface area contributed by atoms with Crippen LogP contribution in [-0.4, -0.2) is 23.1 Å². The highest BCUT2D eigenvalue weighted by atomic mass is 35.5. The molecule has 1 aliphatic carbocycles. The zero-order valence-corrected chi connectivity index (χ0v) is 14.6. The first kappa shape index (κ1) is 16.0. The Labute approximate surface area is 150 Å². The lowest BCUT2D eigenvalue weighted by atomic mass is 9.94. The van der Waals surface area contributed by atoms with Crippen molar-refractivity contribution in [3.8, 4) is 0 Å². The van der Waals surface area contributed by atoms with Crippen molar-refractivity contribution in [3.63, 3.8) is 0 Å². The quantitative estimate of drug-likeness (QED) is 0.783. The smallest absolute Gasteiger partial charge is 0.234 e. The van der Waals surface area contributed by atoms with Crippen LogP contribution in [0.5, 0.6) is 0 Å². The SMILES string of the molecule is O=C(N1CCSC1c1ccc(Cl)cc1)C1(c2ccc(F)cc2)CC1. The maximum Gasteiger partial charge on any atom is 0.234 e. The molecule has 124 valence electrons. The van der Waals surface area contributed by atoms with Gasteiger partial charge in [0.15, 0.2) is 0 Å². The number of rotatable bonds is 3. The van der Waals surface area contributed by atoms with E-state index in [4.69, 9.17) is 11.6 Å². The maximum absolute atomic E-state index is 13.3. The monoisotopic (exact) mass is 361 g/mol.